The van der Waals surface area contributed by atoms with Crippen molar-refractivity contribution in [3.05, 3.63) is 155 Å². The van der Waals surface area contributed by atoms with Gasteiger partial charge in [-0.15, -0.1) is 0 Å². The van der Waals surface area contributed by atoms with E-state index in [0.717, 1.165) is 81.0 Å². The zero-order valence-electron chi connectivity index (χ0n) is 45.2. The molecule has 0 aromatic heterocycles. The summed E-state index contributed by atoms with van der Waals surface area (Å²) >= 11 is 0. The van der Waals surface area contributed by atoms with E-state index in [1.54, 1.807) is 24.3 Å². The van der Waals surface area contributed by atoms with Crippen molar-refractivity contribution in [2.24, 2.45) is 34.5 Å². The van der Waals surface area contributed by atoms with Crippen LogP contribution in [0.4, 0.5) is 0 Å². The minimum atomic E-state index is -1.58. The minimum absolute atomic E-state index is 0.00788. The Labute approximate surface area is 461 Å². The number of rotatable bonds is 12. The van der Waals surface area contributed by atoms with Crippen molar-refractivity contribution in [2.45, 2.75) is 132 Å². The Morgan fingerprint density at radius 1 is 0.759 bits per heavy atom. The van der Waals surface area contributed by atoms with Crippen LogP contribution in [0, 0.1) is 34.5 Å². The topological polar surface area (TPSA) is 192 Å². The van der Waals surface area contributed by atoms with Crippen molar-refractivity contribution >= 4 is 28.8 Å². The van der Waals surface area contributed by atoms with Gasteiger partial charge in [-0.1, -0.05) is 97.8 Å². The number of carbonyl (C=O) groups excluding carboxylic acids is 2. The number of hydrogen-bond donors (Lipinski definition) is 6. The lowest BCUT2D eigenvalue weighted by molar-refractivity contribution is -0.179. The van der Waals surface area contributed by atoms with Crippen LogP contribution in [0.1, 0.15) is 123 Å². The zero-order valence-corrected chi connectivity index (χ0v) is 45.2. The standard InChI is InChI=1S/C67H72O12/c1-38(68)78-59-32-47(79-64(75)67(37-65(21-10-11-22-65)36-45(67)18-19-62(73)74)44-17-16-41-24-46(69)30-49(48(41)29-44)40-14-8-5-9-15-40)31-52-50-34-61(77-3)57(71)27-42(50)25-53-56(70)35-54-51-33-58(72)60(76-2)28-43(51)26-55(59)66(54,63(52)53)23-20-39-12-6-4-7-13-39/h4-9,12-17,20,23-24,27-30,33-34,45,47,52-56,59,62-63,69-74H,10-11,18-19,21-22,25-26,31-32,35-37H2,1-3H3/b23-20+/t45-,47-,52+,53+,54-,55+,56-,59+,63-,66+,67+/m0/s1. The Morgan fingerprint density at radius 2 is 1.47 bits per heavy atom. The molecule has 1 spiro atoms. The van der Waals surface area contributed by atoms with Crippen molar-refractivity contribution in [1.82, 2.24) is 0 Å². The molecule has 0 unspecified atom stereocenters. The average molecular weight is 1070 g/mol. The Kier molecular flexibility index (Phi) is 13.8. The summed E-state index contributed by atoms with van der Waals surface area (Å²) in [6.45, 7) is 1.42. The van der Waals surface area contributed by atoms with Gasteiger partial charge in [0.1, 0.15) is 18.0 Å². The zero-order chi connectivity index (χ0) is 55.0. The van der Waals surface area contributed by atoms with Gasteiger partial charge in [-0.3, -0.25) is 9.59 Å². The monoisotopic (exact) mass is 1070 g/mol. The van der Waals surface area contributed by atoms with Crippen LogP contribution in [0.25, 0.3) is 28.0 Å². The summed E-state index contributed by atoms with van der Waals surface area (Å²) in [6.07, 6.45) is 7.52. The van der Waals surface area contributed by atoms with Crippen molar-refractivity contribution in [1.29, 1.82) is 0 Å². The van der Waals surface area contributed by atoms with E-state index in [2.05, 4.69) is 30.4 Å². The molecular formula is C67H72O12. The molecule has 12 heteroatoms. The van der Waals surface area contributed by atoms with Gasteiger partial charge < -0.3 is 49.6 Å². The number of aromatic hydroxyl groups is 3. The molecule has 6 N–H and O–H groups in total. The molecule has 0 amide bonds. The van der Waals surface area contributed by atoms with Crippen LogP contribution in [0.5, 0.6) is 28.7 Å². The van der Waals surface area contributed by atoms with Gasteiger partial charge in [0.05, 0.1) is 25.7 Å². The average Bonchev–Trinajstić information content (AvgIpc) is 3.23. The van der Waals surface area contributed by atoms with E-state index in [4.69, 9.17) is 18.9 Å². The van der Waals surface area contributed by atoms with Crippen LogP contribution < -0.4 is 9.47 Å². The summed E-state index contributed by atoms with van der Waals surface area (Å²) in [4.78, 5) is 30.5. The predicted molar refractivity (Wildman–Crippen MR) is 300 cm³/mol. The predicted octanol–water partition coefficient (Wildman–Crippen LogP) is 11.6. The van der Waals surface area contributed by atoms with Gasteiger partial charge in [-0.2, -0.15) is 0 Å². The van der Waals surface area contributed by atoms with Gasteiger partial charge in [-0.25, -0.2) is 0 Å². The molecule has 12 nitrogen and oxygen atoms in total. The molecular weight excluding hydrogens is 997 g/mol. The summed E-state index contributed by atoms with van der Waals surface area (Å²) in [6, 6.07) is 36.8. The third-order valence-electron chi connectivity index (χ3n) is 20.0. The second kappa shape index (κ2) is 20.7. The molecule has 6 aromatic rings. The van der Waals surface area contributed by atoms with Crippen molar-refractivity contribution < 1.29 is 59.2 Å². The molecule has 6 aromatic carbocycles. The van der Waals surface area contributed by atoms with E-state index in [9.17, 15) is 35.4 Å². The van der Waals surface area contributed by atoms with Crippen molar-refractivity contribution in [3.8, 4) is 39.9 Å². The van der Waals surface area contributed by atoms with E-state index in [1.165, 1.54) is 21.1 Å². The van der Waals surface area contributed by atoms with Crippen molar-refractivity contribution in [3.63, 3.8) is 0 Å². The molecule has 11 atom stereocenters. The van der Waals surface area contributed by atoms with Crippen molar-refractivity contribution in [2.75, 3.05) is 14.2 Å². The van der Waals surface area contributed by atoms with Crippen LogP contribution in [0.3, 0.4) is 0 Å². The molecule has 0 aliphatic heterocycles. The maximum atomic E-state index is 16.7. The van der Waals surface area contributed by atoms with E-state index in [1.807, 2.05) is 72.8 Å². The van der Waals surface area contributed by atoms with Gasteiger partial charge in [0.15, 0.2) is 29.3 Å². The van der Waals surface area contributed by atoms with Crippen LogP contribution in [0.15, 0.2) is 121 Å². The number of phenols is 3. The SMILES string of the molecule is COc1cc2c(cc1O)[C@@H]1C[C@H](O)[C@H]3Cc4cc(O)c(OC)cc4[C@H]4C[C@H](OC(=O)[C@@]5(c6ccc7cc(O)cc(-c8ccccc8)c7c6)CC6(CCCC6)C[C@@H]5CCC(O)O)C[C@@H](OC(C)=O)[C@@H](C2)[C@]1(/C=C/c1ccccc1)[C@H]34. The lowest BCUT2D eigenvalue weighted by Crippen LogP contribution is -2.62. The van der Waals surface area contributed by atoms with Gasteiger partial charge in [-0.05, 0) is 197 Å². The van der Waals surface area contributed by atoms with E-state index >= 15 is 4.79 Å². The minimum Gasteiger partial charge on any atom is -0.508 e. The number of phenolic OH excluding ortho intramolecular Hbond substituents is 3. The first-order chi connectivity index (χ1) is 38.1. The first kappa shape index (κ1) is 52.8. The second-order valence-corrected chi connectivity index (χ2v) is 24.1. The Morgan fingerprint density at radius 3 is 2.19 bits per heavy atom. The molecule has 12 rings (SSSR count). The molecule has 79 heavy (non-hydrogen) atoms. The maximum absolute atomic E-state index is 16.7. The highest BCUT2D eigenvalue weighted by atomic mass is 16.6. The van der Waals surface area contributed by atoms with Crippen LogP contribution >= 0.6 is 0 Å². The highest BCUT2D eigenvalue weighted by Gasteiger charge is 2.66. The number of allylic oxidation sites excluding steroid dienone is 1. The highest BCUT2D eigenvalue weighted by Crippen LogP contribution is 2.70. The molecule has 6 aliphatic carbocycles. The Hall–Kier alpha value is -6.86. The second-order valence-electron chi connectivity index (χ2n) is 24.1. The molecule has 0 radical (unpaired) electrons. The molecule has 0 heterocycles. The van der Waals surface area contributed by atoms with E-state index in [0.29, 0.717) is 50.0 Å². The van der Waals surface area contributed by atoms with E-state index < -0.39 is 59.2 Å². The largest absolute Gasteiger partial charge is 0.508 e. The number of methoxy groups -OCH3 is 2. The van der Waals surface area contributed by atoms with Crippen LogP contribution in [-0.4, -0.2) is 81.4 Å². The van der Waals surface area contributed by atoms with Gasteiger partial charge in [0, 0.05) is 24.7 Å². The maximum Gasteiger partial charge on any atom is 0.317 e. The lowest BCUT2D eigenvalue weighted by Gasteiger charge is -2.64. The van der Waals surface area contributed by atoms with Gasteiger partial charge in [0.2, 0.25) is 0 Å². The fourth-order valence-corrected chi connectivity index (χ4v) is 17.0. The molecule has 6 aliphatic rings. The third kappa shape index (κ3) is 9.12. The van der Waals surface area contributed by atoms with E-state index in [-0.39, 0.29) is 65.6 Å². The highest BCUT2D eigenvalue weighted by molar-refractivity contribution is 5.99. The number of aliphatic hydroxyl groups is 3. The van der Waals surface area contributed by atoms with Crippen LogP contribution in [0.2, 0.25) is 0 Å². The number of benzene rings is 6. The normalized spacial score (nSPS) is 29.3. The van der Waals surface area contributed by atoms with Gasteiger partial charge >= 0.3 is 11.9 Å². The van der Waals surface area contributed by atoms with Gasteiger partial charge in [0.25, 0.3) is 0 Å². The molecule has 4 saturated carbocycles. The number of fused-ring (bicyclic) bond motifs is 5. The Bertz CT molecular complexity index is 3310. The smallest absolute Gasteiger partial charge is 0.317 e. The molecule has 0 bridgehead atoms. The molecule has 0 saturated heterocycles. The third-order valence-corrected chi connectivity index (χ3v) is 20.0. The summed E-state index contributed by atoms with van der Waals surface area (Å²) < 4.78 is 25.6. The summed E-state index contributed by atoms with van der Waals surface area (Å²) in [5, 5.41) is 69.6. The number of carbonyl (C=O) groups is 2. The molecule has 412 valence electrons. The summed E-state index contributed by atoms with van der Waals surface area (Å²) in [5.41, 5.74) is 4.77. The molecule has 4 fully saturated rings. The first-order valence-electron chi connectivity index (χ1n) is 28.4. The number of esters is 2. The Balaban J connectivity index is 1.07. The summed E-state index contributed by atoms with van der Waals surface area (Å²) in [5.74, 6) is -2.47. The number of aliphatic hydroxyl groups excluding tert-OH is 2. The number of ether oxygens (including phenoxy) is 4. The van der Waals surface area contributed by atoms with Crippen LogP contribution in [-0.2, 0) is 37.3 Å². The fraction of sp³-hybridized carbons (Fsp3) is 0.433. The first-order valence-corrected chi connectivity index (χ1v) is 28.4. The lowest BCUT2D eigenvalue weighted by atomic mass is 9.40. The number of hydrogen-bond acceptors (Lipinski definition) is 12. The summed E-state index contributed by atoms with van der Waals surface area (Å²) in [7, 11) is 3.05. The fourth-order valence-electron chi connectivity index (χ4n) is 17.0. The quantitative estimate of drug-likeness (QED) is 0.0503.